The largest absolute Gasteiger partial charge is 0.417 e. The number of alkyl halides is 3. The van der Waals surface area contributed by atoms with Gasteiger partial charge < -0.3 is 9.33 Å². The van der Waals surface area contributed by atoms with Gasteiger partial charge in [0.1, 0.15) is 0 Å². The number of anilines is 1. The number of benzene rings is 1. The average molecular weight is 455 g/mol. The van der Waals surface area contributed by atoms with Crippen molar-refractivity contribution in [3.63, 3.8) is 0 Å². The summed E-state index contributed by atoms with van der Waals surface area (Å²) in [5, 5.41) is 9.24. The lowest BCUT2D eigenvalue weighted by atomic mass is 9.71. The highest BCUT2D eigenvalue weighted by Gasteiger charge is 2.45. The standard InChI is InChI=1S/C24H37F3N2OSi/c1-9-29(18-11-10-17(16-28)20(14-18)24(25,26)27)21-15-19(12-13-23(21,5)6)30-31(7,8)22(2,3)4/h10-11,14,19,21H,9,12-13,15H2,1-8H3. The number of halogens is 3. The van der Waals surface area contributed by atoms with Crippen molar-refractivity contribution in [2.24, 2.45) is 5.41 Å². The molecule has 3 nitrogen and oxygen atoms in total. The molecule has 1 aromatic rings. The maximum Gasteiger partial charge on any atom is 0.417 e. The Kier molecular flexibility index (Phi) is 7.29. The Bertz CT molecular complexity index is 822. The van der Waals surface area contributed by atoms with E-state index in [4.69, 9.17) is 9.69 Å². The smallest absolute Gasteiger partial charge is 0.414 e. The number of hydrogen-bond acceptors (Lipinski definition) is 3. The molecule has 1 aromatic carbocycles. The summed E-state index contributed by atoms with van der Waals surface area (Å²) in [5.74, 6) is 0. The van der Waals surface area contributed by atoms with Crippen LogP contribution in [0, 0.1) is 16.7 Å². The van der Waals surface area contributed by atoms with Gasteiger partial charge >= 0.3 is 6.18 Å². The van der Waals surface area contributed by atoms with Crippen molar-refractivity contribution in [2.45, 2.75) is 97.3 Å². The molecule has 0 radical (unpaired) electrons. The highest BCUT2D eigenvalue weighted by Crippen LogP contribution is 2.45. The van der Waals surface area contributed by atoms with Crippen molar-refractivity contribution in [2.75, 3.05) is 11.4 Å². The molecule has 1 aliphatic rings. The molecule has 0 aliphatic heterocycles. The molecule has 174 valence electrons. The Morgan fingerprint density at radius 2 is 1.84 bits per heavy atom. The van der Waals surface area contributed by atoms with Crippen molar-refractivity contribution in [3.05, 3.63) is 29.3 Å². The topological polar surface area (TPSA) is 36.3 Å². The highest BCUT2D eigenvalue weighted by atomic mass is 28.4. The van der Waals surface area contributed by atoms with E-state index in [0.717, 1.165) is 25.3 Å². The van der Waals surface area contributed by atoms with E-state index in [-0.39, 0.29) is 28.2 Å². The highest BCUT2D eigenvalue weighted by molar-refractivity contribution is 6.74. The van der Waals surface area contributed by atoms with E-state index in [2.05, 4.69) is 52.6 Å². The van der Waals surface area contributed by atoms with E-state index in [0.29, 0.717) is 12.2 Å². The van der Waals surface area contributed by atoms with Crippen LogP contribution in [0.2, 0.25) is 18.1 Å². The van der Waals surface area contributed by atoms with E-state index in [1.807, 2.05) is 6.92 Å². The summed E-state index contributed by atoms with van der Waals surface area (Å²) in [6.07, 6.45) is -1.75. The van der Waals surface area contributed by atoms with Gasteiger partial charge in [-0.3, -0.25) is 0 Å². The molecule has 0 amide bonds. The first-order valence-corrected chi connectivity index (χ1v) is 14.0. The van der Waals surface area contributed by atoms with Crippen LogP contribution in [0.25, 0.3) is 0 Å². The molecular formula is C24H37F3N2OSi. The molecule has 1 fully saturated rings. The molecule has 7 heteroatoms. The lowest BCUT2D eigenvalue weighted by molar-refractivity contribution is -0.137. The molecule has 0 N–H and O–H groups in total. The lowest BCUT2D eigenvalue weighted by Gasteiger charge is -2.50. The van der Waals surface area contributed by atoms with Gasteiger partial charge in [-0.25, -0.2) is 0 Å². The van der Waals surface area contributed by atoms with Crippen molar-refractivity contribution >= 4 is 14.0 Å². The Labute approximate surface area is 186 Å². The molecule has 0 saturated heterocycles. The average Bonchev–Trinajstić information content (AvgIpc) is 2.63. The fourth-order valence-corrected chi connectivity index (χ4v) is 5.66. The molecule has 0 aromatic heterocycles. The van der Waals surface area contributed by atoms with E-state index in [1.165, 1.54) is 6.07 Å². The summed E-state index contributed by atoms with van der Waals surface area (Å²) >= 11 is 0. The maximum atomic E-state index is 13.6. The molecule has 0 bridgehead atoms. The fourth-order valence-electron chi connectivity index (χ4n) is 4.26. The van der Waals surface area contributed by atoms with Crippen LogP contribution in [-0.4, -0.2) is 27.0 Å². The van der Waals surface area contributed by atoms with E-state index in [1.54, 1.807) is 12.1 Å². The van der Waals surface area contributed by atoms with Crippen LogP contribution in [0.4, 0.5) is 18.9 Å². The fraction of sp³-hybridized carbons (Fsp3) is 0.708. The monoisotopic (exact) mass is 454 g/mol. The Balaban J connectivity index is 2.39. The third kappa shape index (κ3) is 5.64. The molecule has 2 atom stereocenters. The summed E-state index contributed by atoms with van der Waals surface area (Å²) in [7, 11) is -1.94. The quantitative estimate of drug-likeness (QED) is 0.436. The van der Waals surface area contributed by atoms with Gasteiger partial charge in [0.15, 0.2) is 8.32 Å². The molecule has 0 spiro atoms. The third-order valence-electron chi connectivity index (χ3n) is 7.24. The van der Waals surface area contributed by atoms with Crippen LogP contribution in [0.15, 0.2) is 18.2 Å². The van der Waals surface area contributed by atoms with E-state index < -0.39 is 20.1 Å². The second-order valence-corrected chi connectivity index (χ2v) is 15.7. The van der Waals surface area contributed by atoms with Gasteiger partial charge in [-0.05, 0) is 67.9 Å². The zero-order valence-corrected chi connectivity index (χ0v) is 21.2. The molecule has 2 unspecified atom stereocenters. The molecular weight excluding hydrogens is 417 g/mol. The molecule has 0 heterocycles. The molecule has 31 heavy (non-hydrogen) atoms. The second kappa shape index (κ2) is 8.78. The zero-order chi connectivity index (χ0) is 23.8. The maximum absolute atomic E-state index is 13.6. The van der Waals surface area contributed by atoms with Gasteiger partial charge in [-0.2, -0.15) is 18.4 Å². The zero-order valence-electron chi connectivity index (χ0n) is 20.2. The molecule has 1 saturated carbocycles. The predicted molar refractivity (Wildman–Crippen MR) is 123 cm³/mol. The van der Waals surface area contributed by atoms with Gasteiger partial charge in [-0.1, -0.05) is 34.6 Å². The van der Waals surface area contributed by atoms with Crippen LogP contribution >= 0.6 is 0 Å². The van der Waals surface area contributed by atoms with Gasteiger partial charge in [0.2, 0.25) is 0 Å². The summed E-state index contributed by atoms with van der Waals surface area (Å²) in [4.78, 5) is 2.07. The van der Waals surface area contributed by atoms with Gasteiger partial charge in [0.25, 0.3) is 0 Å². The van der Waals surface area contributed by atoms with Crippen LogP contribution in [-0.2, 0) is 10.6 Å². The molecule has 1 aliphatic carbocycles. The van der Waals surface area contributed by atoms with Gasteiger partial charge in [-0.15, -0.1) is 0 Å². The summed E-state index contributed by atoms with van der Waals surface area (Å²) in [6, 6.07) is 5.80. The second-order valence-electron chi connectivity index (χ2n) is 10.9. The SMILES string of the molecule is CCN(c1ccc(C#N)c(C(F)(F)F)c1)C1CC(O[Si](C)(C)C(C)(C)C)CCC1(C)C. The number of nitriles is 1. The van der Waals surface area contributed by atoms with Crippen LogP contribution in [0.3, 0.4) is 0 Å². The first kappa shape index (κ1) is 25.7. The summed E-state index contributed by atoms with van der Waals surface area (Å²) in [6.45, 7) is 18.1. The van der Waals surface area contributed by atoms with Crippen LogP contribution in [0.5, 0.6) is 0 Å². The lowest BCUT2D eigenvalue weighted by Crippen LogP contribution is -2.53. The Morgan fingerprint density at radius 3 is 2.32 bits per heavy atom. The number of hydrogen-bond donors (Lipinski definition) is 0. The predicted octanol–water partition coefficient (Wildman–Crippen LogP) is 7.37. The Hall–Kier alpha value is -1.52. The molecule has 2 rings (SSSR count). The minimum Gasteiger partial charge on any atom is -0.414 e. The van der Waals surface area contributed by atoms with Gasteiger partial charge in [0, 0.05) is 24.4 Å². The minimum atomic E-state index is -4.56. The Morgan fingerprint density at radius 1 is 1.23 bits per heavy atom. The number of nitrogens with zero attached hydrogens (tertiary/aromatic N) is 2. The normalized spacial score (nSPS) is 22.1. The van der Waals surface area contributed by atoms with Crippen molar-refractivity contribution in [3.8, 4) is 6.07 Å². The third-order valence-corrected chi connectivity index (χ3v) is 11.8. The first-order chi connectivity index (χ1) is 14.0. The van der Waals surface area contributed by atoms with Crippen LogP contribution < -0.4 is 4.90 Å². The van der Waals surface area contributed by atoms with Gasteiger partial charge in [0.05, 0.1) is 17.2 Å². The first-order valence-electron chi connectivity index (χ1n) is 11.1. The summed E-state index contributed by atoms with van der Waals surface area (Å²) in [5.41, 5.74) is -0.752. The minimum absolute atomic E-state index is 0.0510. The van der Waals surface area contributed by atoms with Crippen molar-refractivity contribution < 1.29 is 17.6 Å². The van der Waals surface area contributed by atoms with Crippen LogP contribution in [0.1, 0.15) is 71.9 Å². The van der Waals surface area contributed by atoms with E-state index in [9.17, 15) is 13.2 Å². The van der Waals surface area contributed by atoms with Crippen molar-refractivity contribution in [1.29, 1.82) is 5.26 Å². The summed E-state index contributed by atoms with van der Waals surface area (Å²) < 4.78 is 47.4. The van der Waals surface area contributed by atoms with E-state index >= 15 is 0 Å². The van der Waals surface area contributed by atoms with Crippen molar-refractivity contribution in [1.82, 2.24) is 0 Å². The number of rotatable bonds is 5.